The lowest BCUT2D eigenvalue weighted by atomic mass is 10.1. The molecule has 5 heteroatoms. The number of benzene rings is 2. The summed E-state index contributed by atoms with van der Waals surface area (Å²) in [7, 11) is 0. The van der Waals surface area contributed by atoms with E-state index in [4.69, 9.17) is 11.6 Å². The zero-order chi connectivity index (χ0) is 17.1. The number of aryl methyl sites for hydroxylation is 1. The third-order valence-corrected chi connectivity index (χ3v) is 4.80. The Hall–Kier alpha value is -2.17. The highest BCUT2D eigenvalue weighted by Gasteiger charge is 2.19. The standard InChI is InChI=1S/C19H17ClN2OS/c1-3-22(18(23)15-5-4-6-16(20)11-15)19-21-17(12-24-19)14-9-7-13(2)8-10-14/h4-12H,3H2,1-2H3. The first kappa shape index (κ1) is 16.7. The van der Waals surface area contributed by atoms with Crippen LogP contribution < -0.4 is 4.90 Å². The van der Waals surface area contributed by atoms with E-state index in [0.717, 1.165) is 11.3 Å². The number of amides is 1. The molecule has 1 heterocycles. The van der Waals surface area contributed by atoms with Gasteiger partial charge in [-0.05, 0) is 32.0 Å². The van der Waals surface area contributed by atoms with E-state index in [9.17, 15) is 4.79 Å². The topological polar surface area (TPSA) is 33.2 Å². The minimum atomic E-state index is -0.0928. The van der Waals surface area contributed by atoms with Gasteiger partial charge in [-0.25, -0.2) is 4.98 Å². The Bertz CT molecular complexity index is 858. The second-order valence-electron chi connectivity index (χ2n) is 5.44. The number of halogens is 1. The van der Waals surface area contributed by atoms with Crippen LogP contribution in [0.5, 0.6) is 0 Å². The number of nitrogens with zero attached hydrogens (tertiary/aromatic N) is 2. The number of aromatic nitrogens is 1. The normalized spacial score (nSPS) is 10.6. The van der Waals surface area contributed by atoms with Gasteiger partial charge in [-0.2, -0.15) is 0 Å². The first-order chi connectivity index (χ1) is 11.6. The van der Waals surface area contributed by atoms with Crippen LogP contribution in [0, 0.1) is 6.92 Å². The first-order valence-electron chi connectivity index (χ1n) is 7.68. The molecule has 0 aliphatic carbocycles. The SMILES string of the molecule is CCN(C(=O)c1cccc(Cl)c1)c1nc(-c2ccc(C)cc2)cs1. The molecule has 0 saturated carbocycles. The summed E-state index contributed by atoms with van der Waals surface area (Å²) in [6.45, 7) is 4.54. The summed E-state index contributed by atoms with van der Waals surface area (Å²) in [6.07, 6.45) is 0. The number of anilines is 1. The van der Waals surface area contributed by atoms with Crippen molar-refractivity contribution < 1.29 is 4.79 Å². The first-order valence-corrected chi connectivity index (χ1v) is 8.94. The minimum absolute atomic E-state index is 0.0928. The molecule has 3 aromatic rings. The van der Waals surface area contributed by atoms with Crippen LogP contribution in [-0.2, 0) is 0 Å². The lowest BCUT2D eigenvalue weighted by Crippen LogP contribution is -2.30. The monoisotopic (exact) mass is 356 g/mol. The van der Waals surface area contributed by atoms with Crippen LogP contribution in [0.25, 0.3) is 11.3 Å². The fraction of sp³-hybridized carbons (Fsp3) is 0.158. The summed E-state index contributed by atoms with van der Waals surface area (Å²) in [6, 6.07) is 15.2. The van der Waals surface area contributed by atoms with Crippen molar-refractivity contribution in [3.05, 3.63) is 70.1 Å². The summed E-state index contributed by atoms with van der Waals surface area (Å²) in [4.78, 5) is 19.1. The van der Waals surface area contributed by atoms with Gasteiger partial charge in [-0.1, -0.05) is 47.5 Å². The van der Waals surface area contributed by atoms with Crippen molar-refractivity contribution in [2.24, 2.45) is 0 Å². The maximum absolute atomic E-state index is 12.8. The molecule has 0 N–H and O–H groups in total. The zero-order valence-electron chi connectivity index (χ0n) is 13.5. The molecule has 0 bridgehead atoms. The van der Waals surface area contributed by atoms with Gasteiger partial charge >= 0.3 is 0 Å². The summed E-state index contributed by atoms with van der Waals surface area (Å²) in [5, 5.41) is 3.22. The molecular formula is C19H17ClN2OS. The quantitative estimate of drug-likeness (QED) is 0.623. The molecule has 0 radical (unpaired) electrons. The maximum Gasteiger partial charge on any atom is 0.260 e. The molecule has 0 atom stereocenters. The molecule has 0 saturated heterocycles. The van der Waals surface area contributed by atoms with Crippen LogP contribution in [0.15, 0.2) is 53.9 Å². The van der Waals surface area contributed by atoms with Crippen molar-refractivity contribution in [1.29, 1.82) is 0 Å². The van der Waals surface area contributed by atoms with Gasteiger partial charge < -0.3 is 0 Å². The summed E-state index contributed by atoms with van der Waals surface area (Å²) in [5.41, 5.74) is 3.71. The third-order valence-electron chi connectivity index (χ3n) is 3.70. The Morgan fingerprint density at radius 3 is 2.62 bits per heavy atom. The lowest BCUT2D eigenvalue weighted by molar-refractivity contribution is 0.0988. The van der Waals surface area contributed by atoms with Gasteiger partial charge in [0.1, 0.15) is 0 Å². The average molecular weight is 357 g/mol. The molecular weight excluding hydrogens is 340 g/mol. The van der Waals surface area contributed by atoms with Gasteiger partial charge in [0, 0.05) is 28.1 Å². The predicted molar refractivity (Wildman–Crippen MR) is 101 cm³/mol. The number of carbonyl (C=O) groups is 1. The van der Waals surface area contributed by atoms with E-state index in [-0.39, 0.29) is 5.91 Å². The number of thiazole rings is 1. The summed E-state index contributed by atoms with van der Waals surface area (Å²) in [5.74, 6) is -0.0928. The van der Waals surface area contributed by atoms with Crippen molar-refractivity contribution in [2.45, 2.75) is 13.8 Å². The molecule has 0 unspecified atom stereocenters. The number of rotatable bonds is 4. The highest BCUT2D eigenvalue weighted by Crippen LogP contribution is 2.28. The van der Waals surface area contributed by atoms with Crippen molar-refractivity contribution in [3.8, 4) is 11.3 Å². The van der Waals surface area contributed by atoms with Crippen molar-refractivity contribution in [1.82, 2.24) is 4.98 Å². The Morgan fingerprint density at radius 1 is 1.21 bits per heavy atom. The van der Waals surface area contributed by atoms with Crippen LogP contribution in [0.3, 0.4) is 0 Å². The van der Waals surface area contributed by atoms with Crippen LogP contribution >= 0.6 is 22.9 Å². The van der Waals surface area contributed by atoms with Gasteiger partial charge in [0.2, 0.25) is 0 Å². The average Bonchev–Trinajstić information content (AvgIpc) is 3.06. The molecule has 3 nitrogen and oxygen atoms in total. The van der Waals surface area contributed by atoms with Crippen LogP contribution in [0.2, 0.25) is 5.02 Å². The van der Waals surface area contributed by atoms with E-state index < -0.39 is 0 Å². The van der Waals surface area contributed by atoms with Crippen molar-refractivity contribution in [2.75, 3.05) is 11.4 Å². The Balaban J connectivity index is 1.89. The van der Waals surface area contributed by atoms with Gasteiger partial charge in [-0.15, -0.1) is 11.3 Å². The molecule has 0 aliphatic rings. The van der Waals surface area contributed by atoms with Crippen LogP contribution in [-0.4, -0.2) is 17.4 Å². The molecule has 3 rings (SSSR count). The highest BCUT2D eigenvalue weighted by atomic mass is 35.5. The Morgan fingerprint density at radius 2 is 1.96 bits per heavy atom. The number of carbonyl (C=O) groups excluding carboxylic acids is 1. The van der Waals surface area contributed by atoms with E-state index in [1.807, 2.05) is 24.4 Å². The van der Waals surface area contributed by atoms with Gasteiger partial charge in [-0.3, -0.25) is 9.69 Å². The van der Waals surface area contributed by atoms with Crippen LogP contribution in [0.1, 0.15) is 22.8 Å². The predicted octanol–water partition coefficient (Wildman–Crippen LogP) is 5.44. The molecule has 1 aromatic heterocycles. The van der Waals surface area contributed by atoms with E-state index in [1.165, 1.54) is 16.9 Å². The van der Waals surface area contributed by atoms with E-state index in [0.29, 0.717) is 22.3 Å². The molecule has 1 amide bonds. The van der Waals surface area contributed by atoms with Gasteiger partial charge in [0.25, 0.3) is 5.91 Å². The number of hydrogen-bond acceptors (Lipinski definition) is 3. The molecule has 0 aliphatic heterocycles. The van der Waals surface area contributed by atoms with E-state index in [2.05, 4.69) is 24.0 Å². The highest BCUT2D eigenvalue weighted by molar-refractivity contribution is 7.14. The summed E-state index contributed by atoms with van der Waals surface area (Å²) < 4.78 is 0. The largest absolute Gasteiger partial charge is 0.284 e. The fourth-order valence-corrected chi connectivity index (χ4v) is 3.47. The summed E-state index contributed by atoms with van der Waals surface area (Å²) >= 11 is 7.47. The van der Waals surface area contributed by atoms with Gasteiger partial charge in [0.05, 0.1) is 5.69 Å². The second kappa shape index (κ2) is 7.16. The van der Waals surface area contributed by atoms with Crippen molar-refractivity contribution >= 4 is 34.0 Å². The smallest absolute Gasteiger partial charge is 0.260 e. The fourth-order valence-electron chi connectivity index (χ4n) is 2.39. The van der Waals surface area contributed by atoms with E-state index in [1.54, 1.807) is 29.2 Å². The Labute approximate surface area is 150 Å². The molecule has 2 aromatic carbocycles. The van der Waals surface area contributed by atoms with E-state index >= 15 is 0 Å². The van der Waals surface area contributed by atoms with Crippen LogP contribution in [0.4, 0.5) is 5.13 Å². The Kier molecular flexibility index (Phi) is 4.97. The maximum atomic E-state index is 12.8. The number of hydrogen-bond donors (Lipinski definition) is 0. The molecule has 0 fully saturated rings. The zero-order valence-corrected chi connectivity index (χ0v) is 15.1. The molecule has 0 spiro atoms. The third kappa shape index (κ3) is 3.50. The van der Waals surface area contributed by atoms with Gasteiger partial charge in [0.15, 0.2) is 5.13 Å². The molecule has 122 valence electrons. The lowest BCUT2D eigenvalue weighted by Gasteiger charge is -2.17. The molecule has 24 heavy (non-hydrogen) atoms. The second-order valence-corrected chi connectivity index (χ2v) is 6.71. The van der Waals surface area contributed by atoms with Crippen molar-refractivity contribution in [3.63, 3.8) is 0 Å². The minimum Gasteiger partial charge on any atom is -0.284 e.